The molecule has 0 rings (SSSR count). The first-order valence-corrected chi connectivity index (χ1v) is 38.2. The summed E-state index contributed by atoms with van der Waals surface area (Å²) < 4.78 is 23.0. The number of hydrogen-bond donors (Lipinski definition) is 1. The molecular formula is C88H140NO8+. The van der Waals surface area contributed by atoms with E-state index in [0.29, 0.717) is 17.4 Å². The summed E-state index contributed by atoms with van der Waals surface area (Å²) in [6.45, 7) is 4.61. The number of ether oxygens (including phenoxy) is 4. The molecule has 0 aromatic carbocycles. The number of unbranched alkanes of at least 4 members (excludes halogenated alkanes) is 19. The number of carboxylic acid groups (broad SMARTS) is 1. The molecule has 97 heavy (non-hydrogen) atoms. The molecule has 0 radical (unpaired) electrons. The number of rotatable bonds is 68. The van der Waals surface area contributed by atoms with Crippen molar-refractivity contribution in [2.75, 3.05) is 47.5 Å². The first-order chi connectivity index (χ1) is 47.6. The molecule has 0 fully saturated rings. The Balaban J connectivity index is 4.21. The number of carbonyl (C=O) groups excluding carboxylic acids is 2. The lowest BCUT2D eigenvalue weighted by molar-refractivity contribution is -0.870. The van der Waals surface area contributed by atoms with Crippen molar-refractivity contribution in [1.82, 2.24) is 0 Å². The van der Waals surface area contributed by atoms with E-state index in [0.717, 1.165) is 154 Å². The van der Waals surface area contributed by atoms with Crippen LogP contribution < -0.4 is 0 Å². The van der Waals surface area contributed by atoms with Crippen LogP contribution in [0.1, 0.15) is 271 Å². The van der Waals surface area contributed by atoms with E-state index in [1.54, 1.807) is 0 Å². The molecule has 0 aliphatic carbocycles. The Morgan fingerprint density at radius 3 is 0.825 bits per heavy atom. The summed E-state index contributed by atoms with van der Waals surface area (Å²) in [4.78, 5) is 37.7. The predicted octanol–water partition coefficient (Wildman–Crippen LogP) is 24.7. The van der Waals surface area contributed by atoms with E-state index in [4.69, 9.17) is 18.9 Å². The van der Waals surface area contributed by atoms with E-state index < -0.39 is 24.3 Å². The monoisotopic (exact) mass is 1340 g/mol. The van der Waals surface area contributed by atoms with Crippen molar-refractivity contribution in [3.8, 4) is 0 Å². The molecule has 0 aromatic heterocycles. The normalized spacial score (nSPS) is 13.9. The molecule has 2 unspecified atom stereocenters. The number of quaternary nitrogens is 1. The molecule has 0 amide bonds. The fraction of sp³-hybridized carbons (Fsp3) is 0.580. The first kappa shape index (κ1) is 90.9. The van der Waals surface area contributed by atoms with Gasteiger partial charge in [0.2, 0.25) is 0 Å². The molecule has 0 aromatic rings. The third-order valence-corrected chi connectivity index (χ3v) is 15.5. The fourth-order valence-corrected chi connectivity index (χ4v) is 9.79. The summed E-state index contributed by atoms with van der Waals surface area (Å²) >= 11 is 0. The Morgan fingerprint density at radius 1 is 0.309 bits per heavy atom. The number of carbonyl (C=O) groups is 3. The van der Waals surface area contributed by atoms with Gasteiger partial charge < -0.3 is 28.5 Å². The van der Waals surface area contributed by atoms with Crippen LogP contribution in [0.3, 0.4) is 0 Å². The van der Waals surface area contributed by atoms with Gasteiger partial charge in [-0.3, -0.25) is 9.59 Å². The van der Waals surface area contributed by atoms with Crippen LogP contribution in [0.4, 0.5) is 0 Å². The second-order valence-electron chi connectivity index (χ2n) is 25.8. The van der Waals surface area contributed by atoms with Gasteiger partial charge >= 0.3 is 17.9 Å². The van der Waals surface area contributed by atoms with E-state index in [2.05, 4.69) is 220 Å². The van der Waals surface area contributed by atoms with Crippen LogP contribution in [0.25, 0.3) is 0 Å². The standard InChI is InChI=1S/C88H139NO8/c1-6-8-10-12-14-16-18-20-22-24-26-28-30-32-34-36-38-39-40-41-42-43-44-45-46-47-49-51-53-55-57-59-61-63-65-67-69-71-73-75-77-79-86(91)97-84(83-96-88(87(92)93)94-81-80-89(3,4)5)82-95-85(90)78-76-74-72-70-68-66-64-62-60-58-56-54-52-50-48-37-35-33-31-29-27-25-23-21-19-17-15-13-11-9-7-2/h8-11,14-17,20-23,26-29,32-35,38-39,41-42,44-45,47,49,53,55,59,61,65,67,84,88H,6-7,12-13,18-19,24-25,30-31,36-37,40,43,46,48,50-52,54,56-58,60,62-64,66,68-83H2,1-5H3/p+1/b10-8-,11-9-,16-14-,17-15-,22-20-,23-21-,28-26-,29-27-,34-32-,35-33-,39-38-,42-41-,45-44-,49-47-,55-53-,61-59-,67-65-. The largest absolute Gasteiger partial charge is 0.477 e. The quantitative estimate of drug-likeness (QED) is 0.0211. The van der Waals surface area contributed by atoms with Crippen molar-refractivity contribution in [3.05, 3.63) is 207 Å². The highest BCUT2D eigenvalue weighted by atomic mass is 16.7. The molecule has 0 heterocycles. The maximum absolute atomic E-state index is 13.0. The minimum Gasteiger partial charge on any atom is -0.477 e. The van der Waals surface area contributed by atoms with Crippen LogP contribution in [-0.4, -0.2) is 87.4 Å². The summed E-state index contributed by atoms with van der Waals surface area (Å²) in [5.74, 6) is -2.06. The molecule has 0 aliphatic heterocycles. The number of carboxylic acids is 1. The summed E-state index contributed by atoms with van der Waals surface area (Å²) in [6.07, 6.45) is 115. The second kappa shape index (κ2) is 75.6. The number of esters is 2. The lowest BCUT2D eigenvalue weighted by atomic mass is 10.0. The highest BCUT2D eigenvalue weighted by molar-refractivity contribution is 5.71. The van der Waals surface area contributed by atoms with Crippen LogP contribution in [0.5, 0.6) is 0 Å². The van der Waals surface area contributed by atoms with Crippen molar-refractivity contribution in [3.63, 3.8) is 0 Å². The average molecular weight is 1340 g/mol. The summed E-state index contributed by atoms with van der Waals surface area (Å²) in [6, 6.07) is 0. The SMILES string of the molecule is CC/C=C\C/C=C\C/C=C\C/C=C\C/C=C\C/C=C\C/C=C\C/C=C\C/C=C\C/C=C\C/C=C\C/C=C\CCCCCCC(=O)OC(COC(=O)CCCCCCCCCCCCCCCCC/C=C\C/C=C\C/C=C\C/C=C\C/C=C\CC)COC(OCC[N+](C)(C)C)C(=O)O. The number of likely N-dealkylation sites (N-methyl/N-ethyl adjacent to an activating group) is 1. The molecule has 9 nitrogen and oxygen atoms in total. The van der Waals surface area contributed by atoms with E-state index in [1.165, 1.54) is 83.5 Å². The zero-order valence-corrected chi connectivity index (χ0v) is 62.1. The number of aliphatic carboxylic acids is 1. The van der Waals surface area contributed by atoms with Crippen LogP contribution in [0.2, 0.25) is 0 Å². The first-order valence-electron chi connectivity index (χ1n) is 38.2. The number of nitrogens with zero attached hydrogens (tertiary/aromatic N) is 1. The Bertz CT molecular complexity index is 2350. The van der Waals surface area contributed by atoms with Gasteiger partial charge in [0.15, 0.2) is 6.10 Å². The van der Waals surface area contributed by atoms with Gasteiger partial charge in [0.1, 0.15) is 13.2 Å². The maximum atomic E-state index is 13.0. The highest BCUT2D eigenvalue weighted by Crippen LogP contribution is 2.16. The van der Waals surface area contributed by atoms with Crippen LogP contribution in [0, 0.1) is 0 Å². The minimum atomic E-state index is -1.53. The maximum Gasteiger partial charge on any atom is 0.361 e. The van der Waals surface area contributed by atoms with Crippen LogP contribution in [-0.2, 0) is 33.3 Å². The third-order valence-electron chi connectivity index (χ3n) is 15.5. The summed E-state index contributed by atoms with van der Waals surface area (Å²) in [7, 11) is 5.96. The Hall–Kier alpha value is -6.13. The molecule has 9 heteroatoms. The van der Waals surface area contributed by atoms with E-state index in [9.17, 15) is 19.5 Å². The minimum absolute atomic E-state index is 0.172. The van der Waals surface area contributed by atoms with Gasteiger partial charge in [-0.2, -0.15) is 0 Å². The topological polar surface area (TPSA) is 108 Å². The van der Waals surface area contributed by atoms with Gasteiger partial charge in [-0.1, -0.05) is 317 Å². The number of hydrogen-bond acceptors (Lipinski definition) is 7. The molecule has 2 atom stereocenters. The van der Waals surface area contributed by atoms with E-state index in [1.807, 2.05) is 21.1 Å². The van der Waals surface area contributed by atoms with Gasteiger partial charge in [-0.15, -0.1) is 0 Å². The molecule has 0 spiro atoms. The van der Waals surface area contributed by atoms with Gasteiger partial charge in [0.25, 0.3) is 6.29 Å². The van der Waals surface area contributed by atoms with Crippen molar-refractivity contribution in [1.29, 1.82) is 0 Å². The van der Waals surface area contributed by atoms with Crippen LogP contribution >= 0.6 is 0 Å². The van der Waals surface area contributed by atoms with Crippen molar-refractivity contribution in [2.45, 2.75) is 283 Å². The third kappa shape index (κ3) is 77.1. The van der Waals surface area contributed by atoms with Crippen molar-refractivity contribution in [2.24, 2.45) is 0 Å². The average Bonchev–Trinajstić information content (AvgIpc) is 3.27. The van der Waals surface area contributed by atoms with Gasteiger partial charge in [-0.05, 0) is 148 Å². The lowest BCUT2D eigenvalue weighted by Crippen LogP contribution is -2.40. The van der Waals surface area contributed by atoms with Crippen molar-refractivity contribution < 1.29 is 42.9 Å². The van der Waals surface area contributed by atoms with Crippen molar-refractivity contribution >= 4 is 17.9 Å². The summed E-state index contributed by atoms with van der Waals surface area (Å²) in [5, 5.41) is 9.76. The second-order valence-corrected chi connectivity index (χ2v) is 25.8. The highest BCUT2D eigenvalue weighted by Gasteiger charge is 2.25. The Morgan fingerprint density at radius 2 is 0.557 bits per heavy atom. The van der Waals surface area contributed by atoms with Crippen LogP contribution in [0.15, 0.2) is 207 Å². The number of allylic oxidation sites excluding steroid dienone is 34. The van der Waals surface area contributed by atoms with Gasteiger partial charge in [0, 0.05) is 12.8 Å². The molecule has 1 N–H and O–H groups in total. The lowest BCUT2D eigenvalue weighted by Gasteiger charge is -2.25. The Kier molecular flexibility index (Phi) is 70.9. The smallest absolute Gasteiger partial charge is 0.361 e. The zero-order valence-electron chi connectivity index (χ0n) is 62.1. The molecule has 0 bridgehead atoms. The molecule has 0 saturated heterocycles. The zero-order chi connectivity index (χ0) is 70.4. The van der Waals surface area contributed by atoms with Gasteiger partial charge in [-0.25, -0.2) is 4.79 Å². The van der Waals surface area contributed by atoms with Gasteiger partial charge in [0.05, 0.1) is 34.4 Å². The van der Waals surface area contributed by atoms with E-state index >= 15 is 0 Å². The molecule has 0 saturated carbocycles. The summed E-state index contributed by atoms with van der Waals surface area (Å²) in [5.41, 5.74) is 0. The fourth-order valence-electron chi connectivity index (χ4n) is 9.79. The molecular weight excluding hydrogens is 1200 g/mol. The molecule has 544 valence electrons. The van der Waals surface area contributed by atoms with E-state index in [-0.39, 0.29) is 38.6 Å². The Labute approximate surface area is 594 Å². The molecule has 0 aliphatic rings. The predicted molar refractivity (Wildman–Crippen MR) is 418 cm³/mol.